The van der Waals surface area contributed by atoms with Crippen molar-refractivity contribution in [3.63, 3.8) is 0 Å². The lowest BCUT2D eigenvalue weighted by Gasteiger charge is -2.10. The molecule has 0 aromatic heterocycles. The molecule has 2 aromatic carbocycles. The molecule has 6 nitrogen and oxygen atoms in total. The molecule has 0 bridgehead atoms. The second kappa shape index (κ2) is 8.69. The third-order valence-electron chi connectivity index (χ3n) is 3.32. The lowest BCUT2D eigenvalue weighted by molar-refractivity contribution is -0.452. The van der Waals surface area contributed by atoms with E-state index < -0.39 is 12.1 Å². The molecule has 0 saturated carbocycles. The normalized spacial score (nSPS) is 11.4. The number of rotatable bonds is 6. The minimum Gasteiger partial charge on any atom is -0.429 e. The van der Waals surface area contributed by atoms with Crippen molar-refractivity contribution in [1.82, 2.24) is 0 Å². The Morgan fingerprint density at radius 2 is 1.62 bits per heavy atom. The van der Waals surface area contributed by atoms with Crippen molar-refractivity contribution in [2.45, 2.75) is 26.4 Å². The highest BCUT2D eigenvalue weighted by molar-refractivity contribution is 5.96. The lowest BCUT2D eigenvalue weighted by atomic mass is 10.00. The molecule has 0 heterocycles. The van der Waals surface area contributed by atoms with Crippen LogP contribution in [-0.4, -0.2) is 18.2 Å². The zero-order chi connectivity index (χ0) is 17.4. The Morgan fingerprint density at radius 3 is 2.33 bits per heavy atom. The summed E-state index contributed by atoms with van der Waals surface area (Å²) in [5.41, 5.74) is 1.80. The van der Waals surface area contributed by atoms with E-state index in [1.54, 1.807) is 31.2 Å². The monoisotopic (exact) mass is 330 g/mol. The average Bonchev–Trinajstić information content (AvgIpc) is 2.62. The molecule has 0 N–H and O–H groups in total. The van der Waals surface area contributed by atoms with Crippen LogP contribution in [0.4, 0.5) is 4.79 Å². The van der Waals surface area contributed by atoms with Crippen molar-refractivity contribution in [3.05, 3.63) is 60.2 Å². The molecule has 0 aliphatic rings. The fraction of sp³-hybridized carbons (Fsp3) is 0.222. The van der Waals surface area contributed by atoms with E-state index in [1.807, 2.05) is 37.3 Å². The van der Waals surface area contributed by atoms with Gasteiger partial charge in [0.2, 0.25) is 0 Å². The van der Waals surface area contributed by atoms with Crippen molar-refractivity contribution < 1.29 is 29.1 Å². The number of hydrogen-bond acceptors (Lipinski definition) is 6. The molecule has 2 aromatic rings. The molecule has 1 unspecified atom stereocenters. The molecule has 6 heteroatoms. The largest absolute Gasteiger partial charge is 0.543 e. The summed E-state index contributed by atoms with van der Waals surface area (Å²) in [6, 6.07) is 16.2. The van der Waals surface area contributed by atoms with Crippen molar-refractivity contribution in [1.29, 1.82) is 0 Å². The Morgan fingerprint density at radius 1 is 0.958 bits per heavy atom. The van der Waals surface area contributed by atoms with Crippen LogP contribution in [0.2, 0.25) is 0 Å². The highest BCUT2D eigenvalue weighted by atomic mass is 17.5. The summed E-state index contributed by atoms with van der Waals surface area (Å²) < 4.78 is 4.80. The smallest absolute Gasteiger partial charge is 0.429 e. The average molecular weight is 330 g/mol. The molecule has 1 atom stereocenters. The van der Waals surface area contributed by atoms with E-state index in [0.29, 0.717) is 12.0 Å². The van der Waals surface area contributed by atoms with Crippen LogP contribution in [0.3, 0.4) is 0 Å². The first-order chi connectivity index (χ1) is 11.6. The molecule has 0 saturated heterocycles. The van der Waals surface area contributed by atoms with Gasteiger partial charge in [-0.3, -0.25) is 4.89 Å². The Labute approximate surface area is 139 Å². The van der Waals surface area contributed by atoms with Gasteiger partial charge in [0.15, 0.2) is 0 Å². The summed E-state index contributed by atoms with van der Waals surface area (Å²) in [7, 11) is 0. The summed E-state index contributed by atoms with van der Waals surface area (Å²) in [6.45, 7) is 3.54. The van der Waals surface area contributed by atoms with Gasteiger partial charge in [0.25, 0.3) is 0 Å². The standard InChI is InChI=1S/C18H18O6/c1-3-13(2)21-18(20)23-24-22-17(19)16-12-8-7-11-15(16)14-9-5-4-6-10-14/h4-13H,3H2,1-2H3. The second-order valence-corrected chi connectivity index (χ2v) is 5.02. The topological polar surface area (TPSA) is 71.1 Å². The Balaban J connectivity index is 1.97. The number of ether oxygens (including phenoxy) is 1. The Bertz CT molecular complexity index is 683. The molecule has 0 amide bonds. The van der Waals surface area contributed by atoms with Gasteiger partial charge >= 0.3 is 12.1 Å². The van der Waals surface area contributed by atoms with E-state index in [1.165, 1.54) is 0 Å². The van der Waals surface area contributed by atoms with Crippen molar-refractivity contribution in [2.24, 2.45) is 0 Å². The van der Waals surface area contributed by atoms with Gasteiger partial charge in [0, 0.05) is 0 Å². The lowest BCUT2D eigenvalue weighted by Crippen LogP contribution is -2.17. The molecule has 24 heavy (non-hydrogen) atoms. The van der Waals surface area contributed by atoms with E-state index >= 15 is 0 Å². The highest BCUT2D eigenvalue weighted by Gasteiger charge is 2.17. The number of carbonyl (C=O) groups excluding carboxylic acids is 2. The first-order valence-corrected chi connectivity index (χ1v) is 7.52. The molecule has 0 fully saturated rings. The van der Waals surface area contributed by atoms with Gasteiger partial charge in [0.1, 0.15) is 6.10 Å². The van der Waals surface area contributed by atoms with Gasteiger partial charge in [0.05, 0.1) is 10.6 Å². The molecule has 0 aliphatic carbocycles. The van der Waals surface area contributed by atoms with Gasteiger partial charge in [-0.1, -0.05) is 55.5 Å². The van der Waals surface area contributed by atoms with Gasteiger partial charge in [-0.25, -0.2) is 14.5 Å². The van der Waals surface area contributed by atoms with Crippen LogP contribution in [0.5, 0.6) is 0 Å². The van der Waals surface area contributed by atoms with Crippen LogP contribution in [0, 0.1) is 0 Å². The SMILES string of the molecule is CCC(C)OC(=O)OOOC(=O)c1ccccc1-c1ccccc1. The van der Waals surface area contributed by atoms with Crippen LogP contribution in [0.25, 0.3) is 11.1 Å². The third-order valence-corrected chi connectivity index (χ3v) is 3.32. The minimum absolute atomic E-state index is 0.280. The van der Waals surface area contributed by atoms with E-state index in [0.717, 1.165) is 5.56 Å². The number of hydrogen-bond donors (Lipinski definition) is 0. The fourth-order valence-electron chi connectivity index (χ4n) is 1.92. The van der Waals surface area contributed by atoms with Gasteiger partial charge in [-0.05, 0) is 30.5 Å². The first-order valence-electron chi connectivity index (χ1n) is 7.52. The highest BCUT2D eigenvalue weighted by Crippen LogP contribution is 2.24. The third kappa shape index (κ3) is 4.82. The summed E-state index contributed by atoms with van der Waals surface area (Å²) in [5.74, 6) is -0.786. The van der Waals surface area contributed by atoms with Crippen LogP contribution < -0.4 is 0 Å². The maximum absolute atomic E-state index is 12.1. The minimum atomic E-state index is -1.08. The van der Waals surface area contributed by atoms with Gasteiger partial charge < -0.3 is 4.74 Å². The van der Waals surface area contributed by atoms with Crippen molar-refractivity contribution in [3.8, 4) is 11.1 Å². The molecule has 2 rings (SSSR count). The predicted molar refractivity (Wildman–Crippen MR) is 85.7 cm³/mol. The van der Waals surface area contributed by atoms with E-state index in [4.69, 9.17) is 4.74 Å². The van der Waals surface area contributed by atoms with E-state index in [2.05, 4.69) is 14.8 Å². The quantitative estimate of drug-likeness (QED) is 0.446. The number of benzene rings is 2. The van der Waals surface area contributed by atoms with Gasteiger partial charge in [-0.15, -0.1) is 0 Å². The predicted octanol–water partition coefficient (Wildman–Crippen LogP) is 4.31. The molecule has 0 spiro atoms. The summed E-state index contributed by atoms with van der Waals surface area (Å²) in [5, 5.41) is 4.22. The second-order valence-electron chi connectivity index (χ2n) is 5.02. The molecular formula is C18H18O6. The van der Waals surface area contributed by atoms with Crippen molar-refractivity contribution >= 4 is 12.1 Å². The number of carbonyl (C=O) groups is 2. The van der Waals surface area contributed by atoms with E-state index in [9.17, 15) is 9.59 Å². The van der Waals surface area contributed by atoms with Crippen LogP contribution in [0.15, 0.2) is 54.6 Å². The van der Waals surface area contributed by atoms with Gasteiger partial charge in [-0.2, -0.15) is 0 Å². The Hall–Kier alpha value is -2.86. The molecular weight excluding hydrogens is 312 g/mol. The molecule has 126 valence electrons. The zero-order valence-electron chi connectivity index (χ0n) is 13.4. The summed E-state index contributed by atoms with van der Waals surface area (Å²) >= 11 is 0. The first kappa shape index (κ1) is 17.5. The molecule has 0 radical (unpaired) electrons. The van der Waals surface area contributed by atoms with Crippen molar-refractivity contribution in [2.75, 3.05) is 0 Å². The maximum Gasteiger partial charge on any atom is 0.543 e. The fourth-order valence-corrected chi connectivity index (χ4v) is 1.92. The van der Waals surface area contributed by atoms with E-state index in [-0.39, 0.29) is 11.7 Å². The molecule has 0 aliphatic heterocycles. The maximum atomic E-state index is 12.1. The zero-order valence-corrected chi connectivity index (χ0v) is 13.4. The van der Waals surface area contributed by atoms with Crippen LogP contribution >= 0.6 is 0 Å². The Kier molecular flexibility index (Phi) is 6.33. The van der Waals surface area contributed by atoms with Crippen LogP contribution in [-0.2, 0) is 19.6 Å². The summed E-state index contributed by atoms with van der Waals surface area (Å²) in [6.07, 6.45) is -0.775. The summed E-state index contributed by atoms with van der Waals surface area (Å²) in [4.78, 5) is 32.1. The van der Waals surface area contributed by atoms with Crippen LogP contribution in [0.1, 0.15) is 30.6 Å².